The molecule has 1 aromatic heterocycles. The lowest BCUT2D eigenvalue weighted by atomic mass is 9.72. The van der Waals surface area contributed by atoms with E-state index in [1.54, 1.807) is 6.26 Å². The van der Waals surface area contributed by atoms with Gasteiger partial charge in [-0.3, -0.25) is 0 Å². The van der Waals surface area contributed by atoms with Crippen LogP contribution in [0.25, 0.3) is 0 Å². The highest BCUT2D eigenvalue weighted by atomic mass is 16.5. The first kappa shape index (κ1) is 11.7. The lowest BCUT2D eigenvalue weighted by Gasteiger charge is -2.46. The third kappa shape index (κ3) is 2.15. The van der Waals surface area contributed by atoms with Crippen molar-refractivity contribution in [2.75, 3.05) is 13.7 Å². The van der Waals surface area contributed by atoms with E-state index in [0.717, 1.165) is 13.0 Å². The maximum atomic E-state index is 5.74. The number of methoxy groups -OCH3 is 1. The van der Waals surface area contributed by atoms with E-state index in [1.807, 2.05) is 19.4 Å². The highest BCUT2D eigenvalue weighted by Gasteiger charge is 2.43. The molecule has 0 aliphatic heterocycles. The fourth-order valence-electron chi connectivity index (χ4n) is 2.56. The van der Waals surface area contributed by atoms with Gasteiger partial charge in [-0.05, 0) is 43.9 Å². The molecule has 1 atom stereocenters. The number of hydrogen-bond acceptors (Lipinski definition) is 3. The standard InChI is InChI=1S/C13H21NO2/c1-3-14-12(9-11-5-8-16-10-11)13(15-2)6-4-7-13/h5,8,10,12,14H,3-4,6-7,9H2,1-2H3. The Morgan fingerprint density at radius 3 is 2.81 bits per heavy atom. The van der Waals surface area contributed by atoms with Gasteiger partial charge >= 0.3 is 0 Å². The van der Waals surface area contributed by atoms with Crippen LogP contribution >= 0.6 is 0 Å². The van der Waals surface area contributed by atoms with Gasteiger partial charge in [0.05, 0.1) is 18.1 Å². The van der Waals surface area contributed by atoms with Crippen LogP contribution in [0.15, 0.2) is 23.0 Å². The zero-order valence-electron chi connectivity index (χ0n) is 10.2. The minimum Gasteiger partial charge on any atom is -0.472 e. The first-order chi connectivity index (χ1) is 7.80. The molecule has 0 amide bonds. The number of furan rings is 1. The average molecular weight is 223 g/mol. The Hall–Kier alpha value is -0.800. The Balaban J connectivity index is 2.04. The molecule has 0 aromatic carbocycles. The van der Waals surface area contributed by atoms with Gasteiger partial charge in [0.25, 0.3) is 0 Å². The summed E-state index contributed by atoms with van der Waals surface area (Å²) < 4.78 is 10.9. The zero-order chi connectivity index (χ0) is 11.4. The molecule has 1 unspecified atom stereocenters. The summed E-state index contributed by atoms with van der Waals surface area (Å²) >= 11 is 0. The first-order valence-electron chi connectivity index (χ1n) is 6.10. The molecule has 1 aliphatic rings. The van der Waals surface area contributed by atoms with Gasteiger partial charge in [0.1, 0.15) is 0 Å². The van der Waals surface area contributed by atoms with E-state index in [-0.39, 0.29) is 5.60 Å². The highest BCUT2D eigenvalue weighted by molar-refractivity contribution is 5.12. The van der Waals surface area contributed by atoms with Gasteiger partial charge in [0.15, 0.2) is 0 Å². The molecule has 1 heterocycles. The first-order valence-corrected chi connectivity index (χ1v) is 6.10. The van der Waals surface area contributed by atoms with Crippen molar-refractivity contribution in [2.45, 2.75) is 44.2 Å². The van der Waals surface area contributed by atoms with Crippen LogP contribution in [0.4, 0.5) is 0 Å². The third-order valence-corrected chi connectivity index (χ3v) is 3.71. The maximum absolute atomic E-state index is 5.74. The van der Waals surface area contributed by atoms with Gasteiger partial charge in [0, 0.05) is 13.2 Å². The average Bonchev–Trinajstić information content (AvgIpc) is 2.70. The van der Waals surface area contributed by atoms with Crippen LogP contribution in [0.5, 0.6) is 0 Å². The number of likely N-dealkylation sites (N-methyl/N-ethyl adjacent to an activating group) is 1. The summed E-state index contributed by atoms with van der Waals surface area (Å²) in [6.07, 6.45) is 8.16. The van der Waals surface area contributed by atoms with E-state index in [0.29, 0.717) is 6.04 Å². The summed E-state index contributed by atoms with van der Waals surface area (Å²) in [7, 11) is 1.83. The predicted octanol–water partition coefficient (Wildman–Crippen LogP) is 2.37. The van der Waals surface area contributed by atoms with E-state index >= 15 is 0 Å². The number of ether oxygens (including phenoxy) is 1. The monoisotopic (exact) mass is 223 g/mol. The summed E-state index contributed by atoms with van der Waals surface area (Å²) in [5.41, 5.74) is 1.29. The van der Waals surface area contributed by atoms with E-state index in [4.69, 9.17) is 9.15 Å². The van der Waals surface area contributed by atoms with Crippen LogP contribution in [0.3, 0.4) is 0 Å². The number of rotatable bonds is 6. The molecule has 1 saturated carbocycles. The SMILES string of the molecule is CCNC(Cc1ccoc1)C1(OC)CCC1. The van der Waals surface area contributed by atoms with Crippen molar-refractivity contribution in [3.8, 4) is 0 Å². The Labute approximate surface area is 97.2 Å². The molecular formula is C13H21NO2. The van der Waals surface area contributed by atoms with Crippen LogP contribution in [-0.2, 0) is 11.2 Å². The lowest BCUT2D eigenvalue weighted by molar-refractivity contribution is -0.0978. The molecule has 1 N–H and O–H groups in total. The van der Waals surface area contributed by atoms with Gasteiger partial charge in [0.2, 0.25) is 0 Å². The molecule has 0 radical (unpaired) electrons. The Kier molecular flexibility index (Phi) is 3.66. The van der Waals surface area contributed by atoms with Crippen molar-refractivity contribution in [3.05, 3.63) is 24.2 Å². The van der Waals surface area contributed by atoms with Gasteiger partial charge < -0.3 is 14.5 Å². The molecule has 1 fully saturated rings. The van der Waals surface area contributed by atoms with E-state index in [1.165, 1.54) is 24.8 Å². The maximum Gasteiger partial charge on any atom is 0.0935 e. The summed E-state index contributed by atoms with van der Waals surface area (Å²) in [5, 5.41) is 3.55. The van der Waals surface area contributed by atoms with E-state index in [2.05, 4.69) is 12.2 Å². The van der Waals surface area contributed by atoms with Gasteiger partial charge in [-0.2, -0.15) is 0 Å². The van der Waals surface area contributed by atoms with E-state index in [9.17, 15) is 0 Å². The van der Waals surface area contributed by atoms with Crippen molar-refractivity contribution in [1.29, 1.82) is 0 Å². The van der Waals surface area contributed by atoms with Crippen LogP contribution in [0.1, 0.15) is 31.7 Å². The van der Waals surface area contributed by atoms with Gasteiger partial charge in [-0.25, -0.2) is 0 Å². The molecule has 3 nitrogen and oxygen atoms in total. The summed E-state index contributed by atoms with van der Waals surface area (Å²) in [6, 6.07) is 2.43. The molecule has 16 heavy (non-hydrogen) atoms. The Morgan fingerprint density at radius 1 is 1.56 bits per heavy atom. The van der Waals surface area contributed by atoms with Crippen molar-refractivity contribution in [2.24, 2.45) is 0 Å². The second-order valence-electron chi connectivity index (χ2n) is 4.57. The smallest absolute Gasteiger partial charge is 0.0935 e. The zero-order valence-corrected chi connectivity index (χ0v) is 10.2. The Morgan fingerprint density at radius 2 is 2.38 bits per heavy atom. The molecule has 0 spiro atoms. The van der Waals surface area contributed by atoms with Crippen molar-refractivity contribution in [3.63, 3.8) is 0 Å². The molecule has 90 valence electrons. The molecular weight excluding hydrogens is 202 g/mol. The van der Waals surface area contributed by atoms with Crippen LogP contribution in [-0.4, -0.2) is 25.3 Å². The highest BCUT2D eigenvalue weighted by Crippen LogP contribution is 2.39. The topological polar surface area (TPSA) is 34.4 Å². The summed E-state index contributed by atoms with van der Waals surface area (Å²) in [4.78, 5) is 0. The predicted molar refractivity (Wildman–Crippen MR) is 63.5 cm³/mol. The van der Waals surface area contributed by atoms with Crippen molar-refractivity contribution in [1.82, 2.24) is 5.32 Å². The summed E-state index contributed by atoms with van der Waals surface area (Å²) in [6.45, 7) is 3.12. The fourth-order valence-corrected chi connectivity index (χ4v) is 2.56. The molecule has 3 heteroatoms. The molecule has 1 aromatic rings. The minimum absolute atomic E-state index is 0.0489. The number of hydrogen-bond donors (Lipinski definition) is 1. The van der Waals surface area contributed by atoms with E-state index < -0.39 is 0 Å². The van der Waals surface area contributed by atoms with Gasteiger partial charge in [-0.1, -0.05) is 6.92 Å². The van der Waals surface area contributed by atoms with Crippen molar-refractivity contribution < 1.29 is 9.15 Å². The normalized spacial score (nSPS) is 20.4. The lowest BCUT2D eigenvalue weighted by Crippen LogP contribution is -2.57. The van der Waals surface area contributed by atoms with Crippen LogP contribution < -0.4 is 5.32 Å². The minimum atomic E-state index is 0.0489. The largest absolute Gasteiger partial charge is 0.472 e. The third-order valence-electron chi connectivity index (χ3n) is 3.71. The fraction of sp³-hybridized carbons (Fsp3) is 0.692. The quantitative estimate of drug-likeness (QED) is 0.804. The van der Waals surface area contributed by atoms with Gasteiger partial charge in [-0.15, -0.1) is 0 Å². The second-order valence-corrected chi connectivity index (χ2v) is 4.57. The van der Waals surface area contributed by atoms with Crippen molar-refractivity contribution >= 4 is 0 Å². The Bertz CT molecular complexity index is 298. The number of nitrogens with one attached hydrogen (secondary N) is 1. The molecule has 0 saturated heterocycles. The summed E-state index contributed by atoms with van der Waals surface area (Å²) in [5.74, 6) is 0. The molecule has 0 bridgehead atoms. The molecule has 2 rings (SSSR count). The van der Waals surface area contributed by atoms with Crippen LogP contribution in [0.2, 0.25) is 0 Å². The second kappa shape index (κ2) is 5.02. The molecule has 1 aliphatic carbocycles. The van der Waals surface area contributed by atoms with Crippen LogP contribution in [0, 0.1) is 0 Å².